The predicted octanol–water partition coefficient (Wildman–Crippen LogP) is -0.769. The number of aromatic nitrogens is 8. The quantitative estimate of drug-likeness (QED) is 0.622. The normalized spacial score (nSPS) is 10.7. The van der Waals surface area contributed by atoms with E-state index in [1.807, 2.05) is 11.8 Å². The zero-order valence-electron chi connectivity index (χ0n) is 7.92. The second-order valence-electron chi connectivity index (χ2n) is 2.81. The lowest BCUT2D eigenvalue weighted by Crippen LogP contribution is -1.96. The summed E-state index contributed by atoms with van der Waals surface area (Å²) in [5.41, 5.74) is 0. The number of thioether (sulfide) groups is 1. The third-order valence-electron chi connectivity index (χ3n) is 1.74. The zero-order chi connectivity index (χ0) is 10.3. The zero-order valence-corrected chi connectivity index (χ0v) is 8.74. The van der Waals surface area contributed by atoms with Gasteiger partial charge < -0.3 is 0 Å². The molecule has 80 valence electrons. The molecule has 0 aliphatic rings. The van der Waals surface area contributed by atoms with E-state index < -0.39 is 0 Å². The molecule has 0 spiro atoms. The molecular weight excluding hydrogens is 216 g/mol. The molecule has 0 atom stereocenters. The van der Waals surface area contributed by atoms with Crippen LogP contribution in [0.5, 0.6) is 0 Å². The first-order chi connectivity index (χ1) is 7.45. The summed E-state index contributed by atoms with van der Waals surface area (Å²) in [4.78, 5) is 0. The Morgan fingerprint density at radius 3 is 1.80 bits per heavy atom. The average molecular weight is 226 g/mol. The molecule has 0 aromatic carbocycles. The molecule has 0 fully saturated rings. The van der Waals surface area contributed by atoms with Crippen LogP contribution in [0.2, 0.25) is 0 Å². The van der Waals surface area contributed by atoms with Gasteiger partial charge in [-0.25, -0.2) is 10.2 Å². The van der Waals surface area contributed by atoms with Crippen molar-refractivity contribution in [3.63, 3.8) is 0 Å². The maximum absolute atomic E-state index is 3.80. The lowest BCUT2D eigenvalue weighted by atomic mass is 10.5. The van der Waals surface area contributed by atoms with E-state index in [2.05, 4.69) is 41.2 Å². The van der Waals surface area contributed by atoms with E-state index in [0.717, 1.165) is 36.0 Å². The number of hydrogen-bond donors (Lipinski definition) is 2. The van der Waals surface area contributed by atoms with Gasteiger partial charge in [0, 0.05) is 24.3 Å². The highest BCUT2D eigenvalue weighted by Gasteiger charge is 1.99. The molecule has 0 aliphatic carbocycles. The van der Waals surface area contributed by atoms with Crippen molar-refractivity contribution in [3.8, 4) is 0 Å². The third-order valence-corrected chi connectivity index (χ3v) is 2.73. The molecule has 0 saturated heterocycles. The molecule has 9 heteroatoms. The van der Waals surface area contributed by atoms with Crippen LogP contribution in [-0.2, 0) is 12.8 Å². The van der Waals surface area contributed by atoms with Crippen molar-refractivity contribution in [1.82, 2.24) is 41.2 Å². The summed E-state index contributed by atoms with van der Waals surface area (Å²) in [5, 5.41) is 27.0. The van der Waals surface area contributed by atoms with E-state index in [9.17, 15) is 0 Å². The van der Waals surface area contributed by atoms with Crippen molar-refractivity contribution in [2.75, 3.05) is 11.5 Å². The Labute approximate surface area is 89.6 Å². The van der Waals surface area contributed by atoms with E-state index in [1.165, 1.54) is 0 Å². The second kappa shape index (κ2) is 5.39. The van der Waals surface area contributed by atoms with Gasteiger partial charge in [-0.1, -0.05) is 0 Å². The summed E-state index contributed by atoms with van der Waals surface area (Å²) in [6.45, 7) is 0. The molecule has 2 N–H and O–H groups in total. The van der Waals surface area contributed by atoms with Crippen molar-refractivity contribution in [1.29, 1.82) is 0 Å². The molecule has 8 nitrogen and oxygen atoms in total. The number of rotatable bonds is 6. The fraction of sp³-hybridized carbons (Fsp3) is 0.667. The summed E-state index contributed by atoms with van der Waals surface area (Å²) in [6, 6.07) is 0. The van der Waals surface area contributed by atoms with Crippen LogP contribution >= 0.6 is 11.8 Å². The Bertz CT molecular complexity index is 320. The number of aromatic amines is 2. The Balaban J connectivity index is 1.56. The van der Waals surface area contributed by atoms with Crippen LogP contribution in [0.15, 0.2) is 0 Å². The number of nitrogens with zero attached hydrogens (tertiary/aromatic N) is 6. The summed E-state index contributed by atoms with van der Waals surface area (Å²) >= 11 is 1.82. The topological polar surface area (TPSA) is 109 Å². The van der Waals surface area contributed by atoms with Crippen LogP contribution in [0, 0.1) is 0 Å². The van der Waals surface area contributed by atoms with E-state index in [0.29, 0.717) is 0 Å². The second-order valence-corrected chi connectivity index (χ2v) is 4.03. The Morgan fingerprint density at radius 1 is 0.867 bits per heavy atom. The SMILES string of the molecule is C(Cc1nnn[nH]1)SCCc1nnn[nH]1. The molecule has 0 amide bonds. The standard InChI is InChI=1S/C6H10N8S/c1(5-7-11-12-8-5)3-15-4-2-6-9-13-14-10-6/h1-4H2,(H,7,8,11,12)(H,9,10,13,14). The minimum Gasteiger partial charge on any atom is -0.243 e. The fourth-order valence-electron chi connectivity index (χ4n) is 1.01. The smallest absolute Gasteiger partial charge is 0.149 e. The predicted molar refractivity (Wildman–Crippen MR) is 53.1 cm³/mol. The molecule has 0 saturated carbocycles. The van der Waals surface area contributed by atoms with E-state index >= 15 is 0 Å². The largest absolute Gasteiger partial charge is 0.243 e. The van der Waals surface area contributed by atoms with Crippen molar-refractivity contribution < 1.29 is 0 Å². The van der Waals surface area contributed by atoms with E-state index in [1.54, 1.807) is 0 Å². The molecule has 0 bridgehead atoms. The van der Waals surface area contributed by atoms with Crippen LogP contribution in [0.1, 0.15) is 11.6 Å². The Kier molecular flexibility index (Phi) is 3.60. The third kappa shape index (κ3) is 3.27. The molecular formula is C6H10N8S. The minimum atomic E-state index is 0.823. The maximum Gasteiger partial charge on any atom is 0.149 e. The monoisotopic (exact) mass is 226 g/mol. The Morgan fingerprint density at radius 2 is 1.40 bits per heavy atom. The lowest BCUT2D eigenvalue weighted by molar-refractivity contribution is 0.881. The minimum absolute atomic E-state index is 0.823. The van der Waals surface area contributed by atoms with Gasteiger partial charge in [0.05, 0.1) is 0 Å². The molecule has 0 radical (unpaired) electrons. The maximum atomic E-state index is 3.80. The molecule has 2 aromatic heterocycles. The summed E-state index contributed by atoms with van der Waals surface area (Å²) in [6.07, 6.45) is 1.71. The highest BCUT2D eigenvalue weighted by Crippen LogP contribution is 2.04. The first kappa shape index (κ1) is 10.0. The molecule has 2 heterocycles. The van der Waals surface area contributed by atoms with E-state index in [4.69, 9.17) is 0 Å². The van der Waals surface area contributed by atoms with Crippen LogP contribution < -0.4 is 0 Å². The van der Waals surface area contributed by atoms with Gasteiger partial charge in [0.1, 0.15) is 11.6 Å². The summed E-state index contributed by atoms with van der Waals surface area (Å²) in [5.74, 6) is 3.62. The first-order valence-corrected chi connectivity index (χ1v) is 5.63. The molecule has 0 unspecified atom stereocenters. The number of H-pyrrole nitrogens is 2. The van der Waals surface area contributed by atoms with Crippen LogP contribution in [0.25, 0.3) is 0 Å². The summed E-state index contributed by atoms with van der Waals surface area (Å²) in [7, 11) is 0. The van der Waals surface area contributed by atoms with Crippen LogP contribution in [0.3, 0.4) is 0 Å². The molecule has 0 aliphatic heterocycles. The summed E-state index contributed by atoms with van der Waals surface area (Å²) < 4.78 is 0. The van der Waals surface area contributed by atoms with E-state index in [-0.39, 0.29) is 0 Å². The first-order valence-electron chi connectivity index (χ1n) is 4.48. The van der Waals surface area contributed by atoms with Crippen molar-refractivity contribution in [3.05, 3.63) is 11.6 Å². The van der Waals surface area contributed by atoms with Crippen molar-refractivity contribution in [2.45, 2.75) is 12.8 Å². The van der Waals surface area contributed by atoms with Gasteiger partial charge >= 0.3 is 0 Å². The molecule has 15 heavy (non-hydrogen) atoms. The van der Waals surface area contributed by atoms with Crippen molar-refractivity contribution in [2.24, 2.45) is 0 Å². The van der Waals surface area contributed by atoms with Gasteiger partial charge in [-0.2, -0.15) is 11.8 Å². The highest BCUT2D eigenvalue weighted by molar-refractivity contribution is 7.99. The number of hydrogen-bond acceptors (Lipinski definition) is 7. The van der Waals surface area contributed by atoms with Gasteiger partial charge in [-0.15, -0.1) is 10.2 Å². The number of nitrogens with one attached hydrogen (secondary N) is 2. The highest BCUT2D eigenvalue weighted by atomic mass is 32.2. The van der Waals surface area contributed by atoms with Crippen LogP contribution in [-0.4, -0.2) is 52.8 Å². The molecule has 2 aromatic rings. The Hall–Kier alpha value is -1.51. The lowest BCUT2D eigenvalue weighted by Gasteiger charge is -1.96. The van der Waals surface area contributed by atoms with Gasteiger partial charge in [-0.3, -0.25) is 0 Å². The molecule has 2 rings (SSSR count). The average Bonchev–Trinajstić information content (AvgIpc) is 2.88. The van der Waals surface area contributed by atoms with Crippen LogP contribution in [0.4, 0.5) is 0 Å². The number of tetrazole rings is 2. The van der Waals surface area contributed by atoms with Gasteiger partial charge in [0.15, 0.2) is 0 Å². The fourth-order valence-corrected chi connectivity index (χ4v) is 1.89. The van der Waals surface area contributed by atoms with Crippen molar-refractivity contribution >= 4 is 11.8 Å². The van der Waals surface area contributed by atoms with Gasteiger partial charge in [0.2, 0.25) is 0 Å². The van der Waals surface area contributed by atoms with Gasteiger partial charge in [-0.05, 0) is 20.9 Å². The van der Waals surface area contributed by atoms with Gasteiger partial charge in [0.25, 0.3) is 0 Å². The number of aryl methyl sites for hydroxylation is 2.